The molecule has 0 spiro atoms. The molecule has 4 rings (SSSR count). The van der Waals surface area contributed by atoms with Gasteiger partial charge in [0.25, 0.3) is 5.91 Å². The van der Waals surface area contributed by atoms with Crippen LogP contribution in [0.3, 0.4) is 0 Å². The molecule has 0 atom stereocenters. The Morgan fingerprint density at radius 2 is 1.93 bits per heavy atom. The topological polar surface area (TPSA) is 58.6 Å². The molecule has 150 valence electrons. The highest BCUT2D eigenvalue weighted by Gasteiger charge is 2.22. The van der Waals surface area contributed by atoms with E-state index in [2.05, 4.69) is 15.3 Å². The van der Waals surface area contributed by atoms with Crippen LogP contribution in [0.2, 0.25) is 0 Å². The number of hydrogen-bond acceptors (Lipinski definition) is 6. The summed E-state index contributed by atoms with van der Waals surface area (Å²) in [7, 11) is 1.67. The lowest BCUT2D eigenvalue weighted by Crippen LogP contribution is -2.35. The van der Waals surface area contributed by atoms with E-state index in [-0.39, 0.29) is 5.91 Å². The van der Waals surface area contributed by atoms with Crippen LogP contribution >= 0.6 is 11.5 Å². The molecule has 29 heavy (non-hydrogen) atoms. The first-order chi connectivity index (χ1) is 14.2. The molecule has 0 bridgehead atoms. The molecule has 0 N–H and O–H groups in total. The number of benzene rings is 2. The molecule has 1 amide bonds. The van der Waals surface area contributed by atoms with E-state index in [1.807, 2.05) is 53.4 Å². The van der Waals surface area contributed by atoms with E-state index in [0.29, 0.717) is 13.0 Å². The van der Waals surface area contributed by atoms with Crippen LogP contribution in [0.1, 0.15) is 28.2 Å². The third-order valence-electron chi connectivity index (χ3n) is 5.03. The summed E-state index contributed by atoms with van der Waals surface area (Å²) in [6, 6.07) is 17.5. The van der Waals surface area contributed by atoms with Gasteiger partial charge in [-0.1, -0.05) is 30.3 Å². The highest BCUT2D eigenvalue weighted by Crippen LogP contribution is 2.22. The van der Waals surface area contributed by atoms with Gasteiger partial charge in [0.1, 0.15) is 11.6 Å². The molecular formula is C22H24N4O2S. The van der Waals surface area contributed by atoms with Crippen molar-refractivity contribution >= 4 is 22.6 Å². The number of amides is 1. The van der Waals surface area contributed by atoms with Gasteiger partial charge in [0.15, 0.2) is 0 Å². The summed E-state index contributed by atoms with van der Waals surface area (Å²) in [4.78, 5) is 21.6. The van der Waals surface area contributed by atoms with Gasteiger partial charge in [0.05, 0.1) is 7.11 Å². The van der Waals surface area contributed by atoms with Gasteiger partial charge < -0.3 is 14.5 Å². The summed E-state index contributed by atoms with van der Waals surface area (Å²) in [5, 5.41) is 0.928. The first-order valence-corrected chi connectivity index (χ1v) is 10.5. The molecule has 0 aliphatic carbocycles. The van der Waals surface area contributed by atoms with Gasteiger partial charge >= 0.3 is 0 Å². The molecule has 2 heterocycles. The van der Waals surface area contributed by atoms with E-state index in [9.17, 15) is 4.79 Å². The summed E-state index contributed by atoms with van der Waals surface area (Å²) < 4.78 is 9.83. The maximum absolute atomic E-state index is 12.7. The number of aromatic nitrogens is 2. The lowest BCUT2D eigenvalue weighted by atomic mass is 10.1. The summed E-state index contributed by atoms with van der Waals surface area (Å²) in [6.07, 6.45) is 1.60. The number of rotatable bonds is 5. The van der Waals surface area contributed by atoms with Crippen LogP contribution in [0.4, 0.5) is 5.13 Å². The molecule has 6 nitrogen and oxygen atoms in total. The molecular weight excluding hydrogens is 384 g/mol. The van der Waals surface area contributed by atoms with Crippen LogP contribution in [0, 0.1) is 0 Å². The van der Waals surface area contributed by atoms with Gasteiger partial charge in [-0.2, -0.15) is 4.37 Å². The number of carbonyl (C=O) groups excluding carboxylic acids is 1. The Kier molecular flexibility index (Phi) is 6.05. The zero-order chi connectivity index (χ0) is 20.1. The Morgan fingerprint density at radius 3 is 2.76 bits per heavy atom. The number of nitrogens with zero attached hydrogens (tertiary/aromatic N) is 4. The van der Waals surface area contributed by atoms with E-state index in [1.54, 1.807) is 7.11 Å². The van der Waals surface area contributed by atoms with Crippen molar-refractivity contribution < 1.29 is 9.53 Å². The molecule has 0 unspecified atom stereocenters. The fourth-order valence-electron chi connectivity index (χ4n) is 3.49. The Bertz CT molecular complexity index is 960. The molecule has 7 heteroatoms. The van der Waals surface area contributed by atoms with Crippen molar-refractivity contribution in [3.8, 4) is 5.75 Å². The largest absolute Gasteiger partial charge is 0.497 e. The Balaban J connectivity index is 1.39. The summed E-state index contributed by atoms with van der Waals surface area (Å²) >= 11 is 1.43. The fourth-order valence-corrected chi connectivity index (χ4v) is 4.22. The van der Waals surface area contributed by atoms with Crippen LogP contribution in [0.5, 0.6) is 5.75 Å². The SMILES string of the molecule is COc1cccc(Cc2nsc(N3CCCN(C(=O)c4ccccc4)CC3)n2)c1. The molecule has 0 saturated carbocycles. The van der Waals surface area contributed by atoms with Crippen LogP contribution in [0.15, 0.2) is 54.6 Å². The molecule has 0 radical (unpaired) electrons. The zero-order valence-electron chi connectivity index (χ0n) is 16.5. The minimum atomic E-state index is 0.100. The normalized spacial score (nSPS) is 14.5. The second-order valence-electron chi connectivity index (χ2n) is 7.02. The lowest BCUT2D eigenvalue weighted by molar-refractivity contribution is 0.0767. The van der Waals surface area contributed by atoms with Crippen molar-refractivity contribution in [2.45, 2.75) is 12.8 Å². The maximum Gasteiger partial charge on any atom is 0.253 e. The van der Waals surface area contributed by atoms with Crippen LogP contribution in [-0.2, 0) is 6.42 Å². The minimum absolute atomic E-state index is 0.100. The summed E-state index contributed by atoms with van der Waals surface area (Å²) in [5.41, 5.74) is 1.88. The predicted octanol–water partition coefficient (Wildman–Crippen LogP) is 3.49. The van der Waals surface area contributed by atoms with Gasteiger partial charge in [0, 0.05) is 49.7 Å². The summed E-state index contributed by atoms with van der Waals surface area (Å²) in [5.74, 6) is 1.76. The predicted molar refractivity (Wildman–Crippen MR) is 115 cm³/mol. The van der Waals surface area contributed by atoms with Crippen molar-refractivity contribution in [2.75, 3.05) is 38.2 Å². The molecule has 2 aromatic carbocycles. The number of carbonyl (C=O) groups is 1. The monoisotopic (exact) mass is 408 g/mol. The average molecular weight is 409 g/mol. The quantitative estimate of drug-likeness (QED) is 0.647. The van der Waals surface area contributed by atoms with E-state index in [0.717, 1.165) is 53.9 Å². The van der Waals surface area contributed by atoms with Crippen molar-refractivity contribution in [2.24, 2.45) is 0 Å². The third-order valence-corrected chi connectivity index (χ3v) is 5.84. The van der Waals surface area contributed by atoms with Crippen molar-refractivity contribution in [3.63, 3.8) is 0 Å². The second-order valence-corrected chi connectivity index (χ2v) is 7.75. The maximum atomic E-state index is 12.7. The van der Waals surface area contributed by atoms with E-state index >= 15 is 0 Å². The molecule has 1 fully saturated rings. The van der Waals surface area contributed by atoms with Crippen molar-refractivity contribution in [1.29, 1.82) is 0 Å². The van der Waals surface area contributed by atoms with Crippen molar-refractivity contribution in [3.05, 3.63) is 71.5 Å². The number of ether oxygens (including phenoxy) is 1. The Hall–Kier alpha value is -2.93. The standard InChI is InChI=1S/C22H24N4O2S/c1-28-19-10-5-7-17(15-19)16-20-23-22(29-24-20)26-12-6-11-25(13-14-26)21(27)18-8-3-2-4-9-18/h2-5,7-10,15H,6,11-14,16H2,1H3. The molecule has 1 saturated heterocycles. The number of hydrogen-bond donors (Lipinski definition) is 0. The number of methoxy groups -OCH3 is 1. The van der Waals surface area contributed by atoms with E-state index in [4.69, 9.17) is 9.72 Å². The molecule has 1 aromatic heterocycles. The third kappa shape index (κ3) is 4.74. The second kappa shape index (κ2) is 9.05. The molecule has 1 aliphatic heterocycles. The van der Waals surface area contributed by atoms with Crippen molar-refractivity contribution in [1.82, 2.24) is 14.3 Å². The van der Waals surface area contributed by atoms with Crippen LogP contribution in [-0.4, -0.2) is 53.5 Å². The lowest BCUT2D eigenvalue weighted by Gasteiger charge is -2.21. The number of anilines is 1. The zero-order valence-corrected chi connectivity index (χ0v) is 17.3. The van der Waals surface area contributed by atoms with Crippen LogP contribution in [0.25, 0.3) is 0 Å². The summed E-state index contributed by atoms with van der Waals surface area (Å²) in [6.45, 7) is 3.11. The first kappa shape index (κ1) is 19.4. The van der Waals surface area contributed by atoms with Gasteiger partial charge in [0.2, 0.25) is 5.13 Å². The van der Waals surface area contributed by atoms with Gasteiger partial charge in [-0.15, -0.1) is 0 Å². The minimum Gasteiger partial charge on any atom is -0.497 e. The first-order valence-electron chi connectivity index (χ1n) is 9.78. The fraction of sp³-hybridized carbons (Fsp3) is 0.318. The van der Waals surface area contributed by atoms with E-state index < -0.39 is 0 Å². The van der Waals surface area contributed by atoms with Gasteiger partial charge in [-0.3, -0.25) is 4.79 Å². The molecule has 1 aliphatic rings. The van der Waals surface area contributed by atoms with E-state index in [1.165, 1.54) is 11.5 Å². The van der Waals surface area contributed by atoms with Crippen LogP contribution < -0.4 is 9.64 Å². The highest BCUT2D eigenvalue weighted by molar-refractivity contribution is 7.09. The smallest absolute Gasteiger partial charge is 0.253 e. The van der Waals surface area contributed by atoms with Gasteiger partial charge in [-0.05, 0) is 36.2 Å². The Labute approximate surface area is 174 Å². The highest BCUT2D eigenvalue weighted by atomic mass is 32.1. The molecule has 3 aromatic rings. The van der Waals surface area contributed by atoms with Gasteiger partial charge in [-0.25, -0.2) is 4.98 Å². The Morgan fingerprint density at radius 1 is 1.07 bits per heavy atom. The average Bonchev–Trinajstić information content (AvgIpc) is 3.08.